The highest BCUT2D eigenvalue weighted by Crippen LogP contribution is 2.40. The molecule has 33 heavy (non-hydrogen) atoms. The van der Waals surface area contributed by atoms with E-state index in [0.29, 0.717) is 40.4 Å². The number of rotatable bonds is 8. The van der Waals surface area contributed by atoms with Crippen LogP contribution in [0.1, 0.15) is 43.6 Å². The Morgan fingerprint density at radius 3 is 2.67 bits per heavy atom. The first-order valence-electron chi connectivity index (χ1n) is 10.5. The fraction of sp³-hybridized carbons (Fsp3) is 0.292. The van der Waals surface area contributed by atoms with Gasteiger partial charge >= 0.3 is 5.97 Å². The fourth-order valence-corrected chi connectivity index (χ4v) is 4.74. The van der Waals surface area contributed by atoms with Gasteiger partial charge in [-0.3, -0.25) is 9.69 Å². The fourth-order valence-electron chi connectivity index (χ4n) is 3.12. The second-order valence-electron chi connectivity index (χ2n) is 7.34. The quantitative estimate of drug-likeness (QED) is 0.422. The van der Waals surface area contributed by atoms with Crippen molar-refractivity contribution in [1.82, 2.24) is 4.90 Å². The molecule has 0 unspecified atom stereocenters. The van der Waals surface area contributed by atoms with Gasteiger partial charge in [-0.25, -0.2) is 9.79 Å². The third-order valence-corrected chi connectivity index (χ3v) is 6.10. The lowest BCUT2D eigenvalue weighted by molar-refractivity contribution is -0.122. The molecule has 1 amide bonds. The summed E-state index contributed by atoms with van der Waals surface area (Å²) in [6.45, 7) is 8.57. The lowest BCUT2D eigenvalue weighted by Gasteiger charge is -2.17. The average molecular weight is 533 g/mol. The highest BCUT2D eigenvalue weighted by Gasteiger charge is 2.32. The van der Waals surface area contributed by atoms with Crippen LogP contribution in [0.5, 0.6) is 11.5 Å². The number of thioether (sulfide) groups is 1. The van der Waals surface area contributed by atoms with Gasteiger partial charge in [0.2, 0.25) is 0 Å². The first-order valence-corrected chi connectivity index (χ1v) is 12.1. The highest BCUT2D eigenvalue weighted by molar-refractivity contribution is 9.10. The number of carboxylic acids is 1. The van der Waals surface area contributed by atoms with Crippen molar-refractivity contribution >= 4 is 56.5 Å². The number of aliphatic imine (C=N–C) groups is 1. The molecule has 1 fully saturated rings. The van der Waals surface area contributed by atoms with Crippen LogP contribution in [0.15, 0.2) is 50.8 Å². The molecule has 0 saturated carbocycles. The van der Waals surface area contributed by atoms with Crippen molar-refractivity contribution in [3.63, 3.8) is 0 Å². The molecule has 3 rings (SSSR count). The number of hydrogen-bond donors (Lipinski definition) is 1. The standard InChI is InChI=1S/C24H25BrN2O5S/c1-5-27-22(28)20(33-24(27)26-17-9-7-8-16(13-17)23(29)30)12-15-10-18(25)21(32-14(3)4)19(11-15)31-6-2/h7-14H,5-6H2,1-4H3,(H,29,30)/b20-12+,26-24?. The summed E-state index contributed by atoms with van der Waals surface area (Å²) < 4.78 is 12.4. The minimum Gasteiger partial charge on any atom is -0.490 e. The van der Waals surface area contributed by atoms with E-state index in [9.17, 15) is 14.7 Å². The Kier molecular flexibility index (Phi) is 8.20. The molecule has 7 nitrogen and oxygen atoms in total. The molecule has 0 bridgehead atoms. The van der Waals surface area contributed by atoms with E-state index in [0.717, 1.165) is 10.0 Å². The summed E-state index contributed by atoms with van der Waals surface area (Å²) >= 11 is 4.80. The van der Waals surface area contributed by atoms with Crippen molar-refractivity contribution in [3.05, 3.63) is 56.9 Å². The maximum Gasteiger partial charge on any atom is 0.335 e. The second-order valence-corrected chi connectivity index (χ2v) is 9.20. The topological polar surface area (TPSA) is 88.4 Å². The second kappa shape index (κ2) is 10.9. The van der Waals surface area contributed by atoms with Crippen LogP contribution in [0.2, 0.25) is 0 Å². The van der Waals surface area contributed by atoms with E-state index in [1.165, 1.54) is 23.9 Å². The number of halogens is 1. The first kappa shape index (κ1) is 24.9. The Morgan fingerprint density at radius 1 is 1.27 bits per heavy atom. The summed E-state index contributed by atoms with van der Waals surface area (Å²) in [7, 11) is 0. The Labute approximate surface area is 205 Å². The summed E-state index contributed by atoms with van der Waals surface area (Å²) in [6, 6.07) is 10.0. The smallest absolute Gasteiger partial charge is 0.335 e. The van der Waals surface area contributed by atoms with Crippen molar-refractivity contribution in [1.29, 1.82) is 0 Å². The molecule has 0 radical (unpaired) electrons. The van der Waals surface area contributed by atoms with Crippen molar-refractivity contribution in [2.24, 2.45) is 4.99 Å². The van der Waals surface area contributed by atoms with Gasteiger partial charge < -0.3 is 14.6 Å². The zero-order valence-electron chi connectivity index (χ0n) is 18.8. The Bertz CT molecular complexity index is 1130. The van der Waals surface area contributed by atoms with Gasteiger partial charge in [0.25, 0.3) is 5.91 Å². The molecule has 2 aromatic carbocycles. The number of carbonyl (C=O) groups excluding carboxylic acids is 1. The number of amidine groups is 1. The largest absolute Gasteiger partial charge is 0.490 e. The summed E-state index contributed by atoms with van der Waals surface area (Å²) in [5, 5.41) is 9.72. The maximum atomic E-state index is 13.0. The van der Waals surface area contributed by atoms with Gasteiger partial charge in [-0.05, 0) is 97.4 Å². The summed E-state index contributed by atoms with van der Waals surface area (Å²) in [5.41, 5.74) is 1.39. The SMILES string of the molecule is CCOc1cc(/C=C2/SC(=Nc3cccc(C(=O)O)c3)N(CC)C2=O)cc(Br)c1OC(C)C. The molecule has 0 atom stereocenters. The van der Waals surface area contributed by atoms with Gasteiger partial charge in [-0.15, -0.1) is 0 Å². The molecule has 1 saturated heterocycles. The van der Waals surface area contributed by atoms with Crippen LogP contribution in [0.4, 0.5) is 5.69 Å². The number of ether oxygens (including phenoxy) is 2. The first-order chi connectivity index (χ1) is 15.7. The molecule has 0 aromatic heterocycles. The van der Waals surface area contributed by atoms with E-state index in [4.69, 9.17) is 9.47 Å². The van der Waals surface area contributed by atoms with E-state index in [-0.39, 0.29) is 17.6 Å². The Balaban J connectivity index is 1.97. The van der Waals surface area contributed by atoms with E-state index in [1.54, 1.807) is 23.1 Å². The molecule has 1 aliphatic rings. The molecule has 0 spiro atoms. The van der Waals surface area contributed by atoms with Crippen LogP contribution in [-0.4, -0.2) is 46.3 Å². The molecule has 1 heterocycles. The molecule has 2 aromatic rings. The number of amides is 1. The zero-order valence-corrected chi connectivity index (χ0v) is 21.2. The molecule has 0 aliphatic carbocycles. The molecule has 174 valence electrons. The number of likely N-dealkylation sites (N-methyl/N-ethyl adjacent to an activating group) is 1. The normalized spacial score (nSPS) is 16.2. The van der Waals surface area contributed by atoms with E-state index in [1.807, 2.05) is 39.8 Å². The average Bonchev–Trinajstić information content (AvgIpc) is 3.04. The number of carbonyl (C=O) groups is 2. The van der Waals surface area contributed by atoms with Crippen LogP contribution in [0, 0.1) is 0 Å². The summed E-state index contributed by atoms with van der Waals surface area (Å²) in [4.78, 5) is 30.9. The van der Waals surface area contributed by atoms with Crippen LogP contribution in [0.25, 0.3) is 6.08 Å². The van der Waals surface area contributed by atoms with Gasteiger partial charge in [0, 0.05) is 6.54 Å². The third kappa shape index (κ3) is 5.97. The predicted octanol–water partition coefficient (Wildman–Crippen LogP) is 5.96. The lowest BCUT2D eigenvalue weighted by atomic mass is 10.1. The van der Waals surface area contributed by atoms with Gasteiger partial charge in [0.1, 0.15) is 0 Å². The molecule has 9 heteroatoms. The number of hydrogen-bond acceptors (Lipinski definition) is 6. The predicted molar refractivity (Wildman–Crippen MR) is 135 cm³/mol. The van der Waals surface area contributed by atoms with Gasteiger partial charge in [-0.1, -0.05) is 6.07 Å². The molecule has 1 aliphatic heterocycles. The van der Waals surface area contributed by atoms with Crippen LogP contribution >= 0.6 is 27.7 Å². The maximum absolute atomic E-state index is 13.0. The van der Waals surface area contributed by atoms with Crippen LogP contribution in [0.3, 0.4) is 0 Å². The summed E-state index contributed by atoms with van der Waals surface area (Å²) in [5.74, 6) is 0.0256. The summed E-state index contributed by atoms with van der Waals surface area (Å²) in [6.07, 6.45) is 1.77. The van der Waals surface area contributed by atoms with Crippen molar-refractivity contribution in [2.75, 3.05) is 13.2 Å². The van der Waals surface area contributed by atoms with Crippen molar-refractivity contribution < 1.29 is 24.2 Å². The number of aromatic carboxylic acids is 1. The minimum atomic E-state index is -1.03. The lowest BCUT2D eigenvalue weighted by Crippen LogP contribution is -2.28. The van der Waals surface area contributed by atoms with Gasteiger partial charge in [-0.2, -0.15) is 0 Å². The van der Waals surface area contributed by atoms with Crippen LogP contribution in [-0.2, 0) is 4.79 Å². The monoisotopic (exact) mass is 532 g/mol. The molecule has 1 N–H and O–H groups in total. The van der Waals surface area contributed by atoms with E-state index >= 15 is 0 Å². The zero-order chi connectivity index (χ0) is 24.1. The van der Waals surface area contributed by atoms with E-state index < -0.39 is 5.97 Å². The molecular formula is C24H25BrN2O5S. The van der Waals surface area contributed by atoms with Crippen molar-refractivity contribution in [2.45, 2.75) is 33.8 Å². The Morgan fingerprint density at radius 2 is 2.03 bits per heavy atom. The number of nitrogens with zero attached hydrogens (tertiary/aromatic N) is 2. The molecular weight excluding hydrogens is 508 g/mol. The van der Waals surface area contributed by atoms with E-state index in [2.05, 4.69) is 20.9 Å². The Hall–Kier alpha value is -2.78. The van der Waals surface area contributed by atoms with Gasteiger partial charge in [0.15, 0.2) is 16.7 Å². The van der Waals surface area contributed by atoms with Crippen LogP contribution < -0.4 is 9.47 Å². The minimum absolute atomic E-state index is 0.0202. The van der Waals surface area contributed by atoms with Crippen molar-refractivity contribution in [3.8, 4) is 11.5 Å². The van der Waals surface area contributed by atoms with Gasteiger partial charge in [0.05, 0.1) is 33.3 Å². The number of benzene rings is 2. The number of carboxylic acid groups (broad SMARTS) is 1. The third-order valence-electron chi connectivity index (χ3n) is 4.51. The highest BCUT2D eigenvalue weighted by atomic mass is 79.9.